The first kappa shape index (κ1) is 22.2. The molecule has 0 fully saturated rings. The molecule has 0 aliphatic carbocycles. The van der Waals surface area contributed by atoms with Gasteiger partial charge in [-0.05, 0) is 29.8 Å². The summed E-state index contributed by atoms with van der Waals surface area (Å²) >= 11 is 0. The summed E-state index contributed by atoms with van der Waals surface area (Å²) in [6.07, 6.45) is 0. The molecule has 3 aromatic carbocycles. The number of para-hydroxylation sites is 1. The Kier molecular flexibility index (Phi) is 7.90. The van der Waals surface area contributed by atoms with Crippen molar-refractivity contribution in [1.82, 2.24) is 4.90 Å². The smallest absolute Gasteiger partial charge is 0.254 e. The molecule has 3 aromatic rings. The van der Waals surface area contributed by atoms with Crippen molar-refractivity contribution in [2.75, 3.05) is 27.3 Å². The van der Waals surface area contributed by atoms with E-state index < -0.39 is 0 Å². The first-order valence-electron chi connectivity index (χ1n) is 10.1. The van der Waals surface area contributed by atoms with Gasteiger partial charge in [0.05, 0.1) is 14.2 Å². The van der Waals surface area contributed by atoms with Crippen molar-refractivity contribution in [3.8, 4) is 17.2 Å². The fourth-order valence-electron chi connectivity index (χ4n) is 3.29. The van der Waals surface area contributed by atoms with E-state index in [1.165, 1.54) is 0 Å². The van der Waals surface area contributed by atoms with Gasteiger partial charge in [0.25, 0.3) is 5.91 Å². The monoisotopic (exact) mass is 420 g/mol. The van der Waals surface area contributed by atoms with Crippen LogP contribution in [0.5, 0.6) is 17.2 Å². The topological polar surface area (TPSA) is 74.0 Å². The molecule has 0 saturated heterocycles. The van der Waals surface area contributed by atoms with Crippen LogP contribution in [-0.4, -0.2) is 38.1 Å². The van der Waals surface area contributed by atoms with E-state index in [0.29, 0.717) is 43.3 Å². The third-order valence-corrected chi connectivity index (χ3v) is 4.89. The van der Waals surface area contributed by atoms with Crippen molar-refractivity contribution in [3.05, 3.63) is 89.5 Å². The first-order chi connectivity index (χ1) is 15.2. The maximum Gasteiger partial charge on any atom is 0.254 e. The second kappa shape index (κ2) is 11.0. The van der Waals surface area contributed by atoms with Gasteiger partial charge in [0.15, 0.2) is 11.5 Å². The molecule has 162 valence electrons. The number of carbonyl (C=O) groups is 1. The lowest BCUT2D eigenvalue weighted by atomic mass is 10.1. The molecular weight excluding hydrogens is 392 g/mol. The maximum atomic E-state index is 13.2. The minimum Gasteiger partial charge on any atom is -0.496 e. The van der Waals surface area contributed by atoms with Crippen molar-refractivity contribution in [3.63, 3.8) is 0 Å². The Balaban J connectivity index is 1.78. The second-order valence-electron chi connectivity index (χ2n) is 6.97. The summed E-state index contributed by atoms with van der Waals surface area (Å²) in [5, 5.41) is 0. The standard InChI is InChI=1S/C25H28N2O4/c1-29-22-11-7-6-10-21(22)17-27(15-14-26)25(28)20-12-13-23(24(16-20)30-2)31-18-19-8-4-3-5-9-19/h3-13,16H,14-15,17-18,26H2,1-2H3. The highest BCUT2D eigenvalue weighted by Gasteiger charge is 2.19. The number of hydrogen-bond acceptors (Lipinski definition) is 5. The third-order valence-electron chi connectivity index (χ3n) is 4.89. The minimum atomic E-state index is -0.135. The third kappa shape index (κ3) is 5.77. The molecule has 0 radical (unpaired) electrons. The number of ether oxygens (including phenoxy) is 3. The van der Waals surface area contributed by atoms with Crippen molar-refractivity contribution >= 4 is 5.91 Å². The van der Waals surface area contributed by atoms with E-state index in [-0.39, 0.29) is 5.91 Å². The van der Waals surface area contributed by atoms with E-state index in [2.05, 4.69) is 0 Å². The van der Waals surface area contributed by atoms with Gasteiger partial charge in [-0.25, -0.2) is 0 Å². The number of benzene rings is 3. The van der Waals surface area contributed by atoms with Crippen LogP contribution in [0.4, 0.5) is 0 Å². The van der Waals surface area contributed by atoms with E-state index >= 15 is 0 Å². The van der Waals surface area contributed by atoms with Crippen molar-refractivity contribution < 1.29 is 19.0 Å². The molecule has 0 saturated carbocycles. The molecule has 0 aliphatic heterocycles. The molecule has 0 unspecified atom stereocenters. The van der Waals surface area contributed by atoms with Gasteiger partial charge in [-0.3, -0.25) is 4.79 Å². The molecule has 0 atom stereocenters. The Bertz CT molecular complexity index is 992. The molecule has 6 heteroatoms. The Labute approximate surface area is 183 Å². The summed E-state index contributed by atoms with van der Waals surface area (Å²) in [7, 11) is 3.18. The van der Waals surface area contributed by atoms with Crippen molar-refractivity contribution in [1.29, 1.82) is 0 Å². The number of methoxy groups -OCH3 is 2. The molecule has 0 heterocycles. The quantitative estimate of drug-likeness (QED) is 0.539. The van der Waals surface area contributed by atoms with Crippen LogP contribution in [0.1, 0.15) is 21.5 Å². The molecule has 3 rings (SSSR count). The Hall–Kier alpha value is -3.51. The predicted molar refractivity (Wildman–Crippen MR) is 121 cm³/mol. The minimum absolute atomic E-state index is 0.135. The van der Waals surface area contributed by atoms with Gasteiger partial charge >= 0.3 is 0 Å². The van der Waals surface area contributed by atoms with Crippen LogP contribution in [0, 0.1) is 0 Å². The molecule has 0 aliphatic rings. The molecular formula is C25H28N2O4. The van der Waals surface area contributed by atoms with Gasteiger partial charge in [0, 0.05) is 30.8 Å². The zero-order valence-corrected chi connectivity index (χ0v) is 17.9. The van der Waals surface area contributed by atoms with Crippen molar-refractivity contribution in [2.24, 2.45) is 5.73 Å². The first-order valence-corrected chi connectivity index (χ1v) is 10.1. The summed E-state index contributed by atoms with van der Waals surface area (Å²) in [4.78, 5) is 14.9. The van der Waals surface area contributed by atoms with Gasteiger partial charge < -0.3 is 24.8 Å². The van der Waals surface area contributed by atoms with E-state index in [1.807, 2.05) is 54.6 Å². The van der Waals surface area contributed by atoms with Crippen LogP contribution >= 0.6 is 0 Å². The van der Waals surface area contributed by atoms with Crippen LogP contribution in [0.3, 0.4) is 0 Å². The largest absolute Gasteiger partial charge is 0.496 e. The zero-order chi connectivity index (χ0) is 22.1. The molecule has 2 N–H and O–H groups in total. The normalized spacial score (nSPS) is 10.4. The Morgan fingerprint density at radius 2 is 1.58 bits per heavy atom. The van der Waals surface area contributed by atoms with Crippen LogP contribution in [-0.2, 0) is 13.2 Å². The van der Waals surface area contributed by atoms with E-state index in [4.69, 9.17) is 19.9 Å². The molecule has 6 nitrogen and oxygen atoms in total. The summed E-state index contributed by atoms with van der Waals surface area (Å²) in [5.41, 5.74) is 8.25. The van der Waals surface area contributed by atoms with Crippen LogP contribution in [0.15, 0.2) is 72.8 Å². The SMILES string of the molecule is COc1ccccc1CN(CCN)C(=O)c1ccc(OCc2ccccc2)c(OC)c1. The summed E-state index contributed by atoms with van der Waals surface area (Å²) in [6, 6.07) is 22.7. The lowest BCUT2D eigenvalue weighted by Gasteiger charge is -2.23. The average Bonchev–Trinajstić information content (AvgIpc) is 2.82. The highest BCUT2D eigenvalue weighted by atomic mass is 16.5. The fraction of sp³-hybridized carbons (Fsp3) is 0.240. The van der Waals surface area contributed by atoms with E-state index in [9.17, 15) is 4.79 Å². The van der Waals surface area contributed by atoms with Crippen LogP contribution in [0.2, 0.25) is 0 Å². The number of rotatable bonds is 10. The van der Waals surface area contributed by atoms with Gasteiger partial charge in [0.1, 0.15) is 12.4 Å². The summed E-state index contributed by atoms with van der Waals surface area (Å²) < 4.78 is 16.8. The summed E-state index contributed by atoms with van der Waals surface area (Å²) in [6.45, 7) is 1.59. The van der Waals surface area contributed by atoms with Crippen LogP contribution in [0.25, 0.3) is 0 Å². The second-order valence-corrected chi connectivity index (χ2v) is 6.97. The Morgan fingerprint density at radius 3 is 2.29 bits per heavy atom. The molecule has 0 aromatic heterocycles. The van der Waals surface area contributed by atoms with Gasteiger partial charge in [-0.1, -0.05) is 48.5 Å². The zero-order valence-electron chi connectivity index (χ0n) is 17.9. The Morgan fingerprint density at radius 1 is 0.871 bits per heavy atom. The molecule has 0 bridgehead atoms. The molecule has 31 heavy (non-hydrogen) atoms. The number of hydrogen-bond donors (Lipinski definition) is 1. The van der Waals surface area contributed by atoms with E-state index in [0.717, 1.165) is 16.9 Å². The summed E-state index contributed by atoms with van der Waals surface area (Å²) in [5.74, 6) is 1.69. The molecule has 0 spiro atoms. The number of nitrogens with zero attached hydrogens (tertiary/aromatic N) is 1. The predicted octanol–water partition coefficient (Wildman–Crippen LogP) is 3.88. The van der Waals surface area contributed by atoms with E-state index in [1.54, 1.807) is 37.3 Å². The number of nitrogens with two attached hydrogens (primary N) is 1. The lowest BCUT2D eigenvalue weighted by Crippen LogP contribution is -2.35. The highest BCUT2D eigenvalue weighted by Crippen LogP contribution is 2.30. The van der Waals surface area contributed by atoms with Gasteiger partial charge in [0.2, 0.25) is 0 Å². The maximum absolute atomic E-state index is 13.2. The number of amides is 1. The van der Waals surface area contributed by atoms with Gasteiger partial charge in [-0.2, -0.15) is 0 Å². The highest BCUT2D eigenvalue weighted by molar-refractivity contribution is 5.95. The van der Waals surface area contributed by atoms with Gasteiger partial charge in [-0.15, -0.1) is 0 Å². The van der Waals surface area contributed by atoms with Crippen LogP contribution < -0.4 is 19.9 Å². The lowest BCUT2D eigenvalue weighted by molar-refractivity contribution is 0.0746. The number of carbonyl (C=O) groups excluding carboxylic acids is 1. The average molecular weight is 421 g/mol. The molecule has 1 amide bonds. The van der Waals surface area contributed by atoms with Crippen molar-refractivity contribution in [2.45, 2.75) is 13.2 Å². The fourth-order valence-corrected chi connectivity index (χ4v) is 3.29.